The van der Waals surface area contributed by atoms with E-state index >= 15 is 0 Å². The van der Waals surface area contributed by atoms with Gasteiger partial charge in [0, 0.05) is 38.9 Å². The highest BCUT2D eigenvalue weighted by Crippen LogP contribution is 2.17. The number of hydrogen-bond acceptors (Lipinski definition) is 6. The van der Waals surface area contributed by atoms with Crippen molar-refractivity contribution in [3.8, 4) is 5.88 Å². The van der Waals surface area contributed by atoms with Gasteiger partial charge in [0.25, 0.3) is 11.8 Å². The van der Waals surface area contributed by atoms with Crippen LogP contribution in [-0.4, -0.2) is 70.5 Å². The summed E-state index contributed by atoms with van der Waals surface area (Å²) in [6, 6.07) is 11.3. The van der Waals surface area contributed by atoms with E-state index in [2.05, 4.69) is 9.97 Å². The molecule has 0 radical (unpaired) electrons. The lowest BCUT2D eigenvalue weighted by Gasteiger charge is -2.35. The van der Waals surface area contributed by atoms with Gasteiger partial charge in [-0.2, -0.15) is 0 Å². The van der Waals surface area contributed by atoms with Crippen LogP contribution < -0.4 is 4.74 Å². The van der Waals surface area contributed by atoms with Gasteiger partial charge < -0.3 is 19.3 Å². The number of carbonyl (C=O) groups excluding carboxylic acids is 2. The standard InChI is InChI=1S/C21H24N4O4/c26-20(24-8-10-25(11-9-24)21(27)18-7-4-12-28-18)17-13-19(23-15-22-17)29-14-16-5-2-1-3-6-16/h1-3,5-6,13,15,18H,4,7-12,14H2. The minimum atomic E-state index is -0.316. The van der Waals surface area contributed by atoms with Crippen molar-refractivity contribution in [3.63, 3.8) is 0 Å². The van der Waals surface area contributed by atoms with Gasteiger partial charge in [-0.05, 0) is 18.4 Å². The second-order valence-electron chi connectivity index (χ2n) is 7.13. The van der Waals surface area contributed by atoms with Crippen molar-refractivity contribution in [2.45, 2.75) is 25.6 Å². The zero-order valence-corrected chi connectivity index (χ0v) is 16.2. The number of ether oxygens (including phenoxy) is 2. The van der Waals surface area contributed by atoms with Gasteiger partial charge in [0.15, 0.2) is 0 Å². The van der Waals surface area contributed by atoms with Crippen LogP contribution in [0.4, 0.5) is 0 Å². The fraction of sp³-hybridized carbons (Fsp3) is 0.429. The van der Waals surface area contributed by atoms with Crippen molar-refractivity contribution < 1.29 is 19.1 Å². The van der Waals surface area contributed by atoms with E-state index in [0.717, 1.165) is 18.4 Å². The molecule has 0 N–H and O–H groups in total. The van der Waals surface area contributed by atoms with E-state index in [1.807, 2.05) is 30.3 Å². The fourth-order valence-electron chi connectivity index (χ4n) is 3.53. The van der Waals surface area contributed by atoms with Crippen LogP contribution in [-0.2, 0) is 16.1 Å². The second-order valence-corrected chi connectivity index (χ2v) is 7.13. The first-order valence-corrected chi connectivity index (χ1v) is 9.89. The number of hydrogen-bond donors (Lipinski definition) is 0. The SMILES string of the molecule is O=C(c1cc(OCc2ccccc2)ncn1)N1CCN(C(=O)C2CCCO2)CC1. The van der Waals surface area contributed by atoms with E-state index in [0.29, 0.717) is 51.0 Å². The van der Waals surface area contributed by atoms with Crippen LogP contribution in [0.2, 0.25) is 0 Å². The number of rotatable bonds is 5. The molecule has 2 aliphatic rings. The van der Waals surface area contributed by atoms with Crippen LogP contribution in [0.15, 0.2) is 42.7 Å². The van der Waals surface area contributed by atoms with E-state index in [-0.39, 0.29) is 17.9 Å². The molecule has 2 saturated heterocycles. The molecule has 8 heteroatoms. The number of amides is 2. The Bertz CT molecular complexity index is 847. The van der Waals surface area contributed by atoms with Crippen molar-refractivity contribution in [1.29, 1.82) is 0 Å². The summed E-state index contributed by atoms with van der Waals surface area (Å²) in [5.41, 5.74) is 1.31. The van der Waals surface area contributed by atoms with Crippen molar-refractivity contribution in [3.05, 3.63) is 54.0 Å². The average Bonchev–Trinajstić information content (AvgIpc) is 3.33. The molecule has 2 fully saturated rings. The zero-order valence-electron chi connectivity index (χ0n) is 16.2. The number of nitrogens with zero attached hydrogens (tertiary/aromatic N) is 4. The Balaban J connectivity index is 1.32. The normalized spacial score (nSPS) is 19.2. The number of benzene rings is 1. The third-order valence-corrected chi connectivity index (χ3v) is 5.17. The van der Waals surface area contributed by atoms with Crippen molar-refractivity contribution >= 4 is 11.8 Å². The lowest BCUT2D eigenvalue weighted by Crippen LogP contribution is -2.52. The summed E-state index contributed by atoms with van der Waals surface area (Å²) in [5.74, 6) is 0.216. The molecule has 1 unspecified atom stereocenters. The molecule has 8 nitrogen and oxygen atoms in total. The summed E-state index contributed by atoms with van der Waals surface area (Å²) < 4.78 is 11.2. The monoisotopic (exact) mass is 396 g/mol. The largest absolute Gasteiger partial charge is 0.473 e. The maximum Gasteiger partial charge on any atom is 0.272 e. The topological polar surface area (TPSA) is 84.9 Å². The Labute approximate surface area is 169 Å². The third-order valence-electron chi connectivity index (χ3n) is 5.17. The zero-order chi connectivity index (χ0) is 20.1. The Kier molecular flexibility index (Phi) is 6.00. The van der Waals surface area contributed by atoms with Crippen LogP contribution in [0.1, 0.15) is 28.9 Å². The number of piperazine rings is 1. The van der Waals surface area contributed by atoms with Crippen molar-refractivity contribution in [1.82, 2.24) is 19.8 Å². The molecular formula is C21H24N4O4. The smallest absolute Gasteiger partial charge is 0.272 e. The molecule has 1 aromatic carbocycles. The Morgan fingerprint density at radius 3 is 2.55 bits per heavy atom. The van der Waals surface area contributed by atoms with Crippen LogP contribution in [0.3, 0.4) is 0 Å². The molecule has 2 amide bonds. The first kappa shape index (κ1) is 19.3. The van der Waals surface area contributed by atoms with Crippen LogP contribution in [0, 0.1) is 0 Å². The first-order valence-electron chi connectivity index (χ1n) is 9.89. The Morgan fingerprint density at radius 1 is 1.07 bits per heavy atom. The number of aromatic nitrogens is 2. The van der Waals surface area contributed by atoms with E-state index in [9.17, 15) is 9.59 Å². The van der Waals surface area contributed by atoms with E-state index in [1.54, 1.807) is 15.9 Å². The summed E-state index contributed by atoms with van der Waals surface area (Å²) in [6.45, 7) is 2.98. The van der Waals surface area contributed by atoms with Gasteiger partial charge in [0.05, 0.1) is 0 Å². The molecule has 1 atom stereocenters. The van der Waals surface area contributed by atoms with Crippen LogP contribution >= 0.6 is 0 Å². The highest BCUT2D eigenvalue weighted by atomic mass is 16.5. The summed E-state index contributed by atoms with van der Waals surface area (Å²) >= 11 is 0. The molecule has 2 aromatic rings. The summed E-state index contributed by atoms with van der Waals surface area (Å²) in [5, 5.41) is 0. The number of carbonyl (C=O) groups is 2. The van der Waals surface area contributed by atoms with Gasteiger partial charge in [0.1, 0.15) is 24.7 Å². The maximum atomic E-state index is 12.8. The van der Waals surface area contributed by atoms with Gasteiger partial charge >= 0.3 is 0 Å². The Hall–Kier alpha value is -3.00. The summed E-state index contributed by atoms with van der Waals surface area (Å²) in [4.78, 5) is 36.9. The molecular weight excluding hydrogens is 372 g/mol. The quantitative estimate of drug-likeness (QED) is 0.762. The molecule has 3 heterocycles. The molecule has 29 heavy (non-hydrogen) atoms. The van der Waals surface area contributed by atoms with Gasteiger partial charge in [-0.3, -0.25) is 9.59 Å². The minimum absolute atomic E-state index is 0.0354. The van der Waals surface area contributed by atoms with Crippen LogP contribution in [0.25, 0.3) is 0 Å². The molecule has 0 spiro atoms. The lowest BCUT2D eigenvalue weighted by molar-refractivity contribution is -0.142. The average molecular weight is 396 g/mol. The second kappa shape index (κ2) is 9.00. The molecule has 0 saturated carbocycles. The molecule has 1 aromatic heterocycles. The third kappa shape index (κ3) is 4.71. The molecule has 2 aliphatic heterocycles. The van der Waals surface area contributed by atoms with Gasteiger partial charge in [-0.15, -0.1) is 0 Å². The van der Waals surface area contributed by atoms with Gasteiger partial charge in [-0.25, -0.2) is 9.97 Å². The predicted molar refractivity (Wildman–Crippen MR) is 104 cm³/mol. The van der Waals surface area contributed by atoms with Crippen molar-refractivity contribution in [2.24, 2.45) is 0 Å². The molecule has 0 bridgehead atoms. The first-order chi connectivity index (χ1) is 14.2. The predicted octanol–water partition coefficient (Wildman–Crippen LogP) is 1.52. The van der Waals surface area contributed by atoms with Gasteiger partial charge in [-0.1, -0.05) is 30.3 Å². The fourth-order valence-corrected chi connectivity index (χ4v) is 3.53. The van der Waals surface area contributed by atoms with Crippen molar-refractivity contribution in [2.75, 3.05) is 32.8 Å². The van der Waals surface area contributed by atoms with E-state index < -0.39 is 0 Å². The highest BCUT2D eigenvalue weighted by Gasteiger charge is 2.31. The summed E-state index contributed by atoms with van der Waals surface area (Å²) in [6.07, 6.45) is 2.73. The van der Waals surface area contributed by atoms with E-state index in [1.165, 1.54) is 6.33 Å². The molecule has 0 aliphatic carbocycles. The Morgan fingerprint density at radius 2 is 1.83 bits per heavy atom. The summed E-state index contributed by atoms with van der Waals surface area (Å²) in [7, 11) is 0. The molecule has 152 valence electrons. The minimum Gasteiger partial charge on any atom is -0.473 e. The van der Waals surface area contributed by atoms with E-state index in [4.69, 9.17) is 9.47 Å². The molecule has 4 rings (SSSR count). The highest BCUT2D eigenvalue weighted by molar-refractivity contribution is 5.92. The lowest BCUT2D eigenvalue weighted by atomic mass is 10.2. The maximum absolute atomic E-state index is 12.8. The van der Waals surface area contributed by atoms with Gasteiger partial charge in [0.2, 0.25) is 5.88 Å². The van der Waals surface area contributed by atoms with Crippen LogP contribution in [0.5, 0.6) is 5.88 Å².